The molecule has 0 amide bonds. The monoisotopic (exact) mass is 285 g/mol. The normalized spacial score (nSPS) is 10.9. The van der Waals surface area contributed by atoms with Gasteiger partial charge >= 0.3 is 0 Å². The quantitative estimate of drug-likeness (QED) is 0.876. The van der Waals surface area contributed by atoms with Crippen molar-refractivity contribution < 1.29 is 4.74 Å². The molecule has 0 saturated carbocycles. The lowest BCUT2D eigenvalue weighted by atomic mass is 10.2. The van der Waals surface area contributed by atoms with Crippen molar-refractivity contribution in [3.8, 4) is 11.5 Å². The fourth-order valence-electron chi connectivity index (χ4n) is 1.94. The van der Waals surface area contributed by atoms with E-state index in [2.05, 4.69) is 36.1 Å². The third-order valence-corrected chi connectivity index (χ3v) is 3.22. The van der Waals surface area contributed by atoms with E-state index in [-0.39, 0.29) is 0 Å². The largest absolute Gasteiger partial charge is 0.453 e. The van der Waals surface area contributed by atoms with Gasteiger partial charge in [-0.3, -0.25) is 0 Å². The summed E-state index contributed by atoms with van der Waals surface area (Å²) in [6, 6.07) is 7.96. The minimum atomic E-state index is 0.304. The number of rotatable bonds is 6. The van der Waals surface area contributed by atoms with Crippen LogP contribution < -0.4 is 10.1 Å². The molecule has 0 aliphatic carbocycles. The maximum absolute atomic E-state index is 6.01. The SMILES string of the molecule is CCNCc1nc(C(C)C)ncc1Oc1ccccc1C. The predicted molar refractivity (Wildman–Crippen MR) is 84.8 cm³/mol. The smallest absolute Gasteiger partial charge is 0.168 e. The van der Waals surface area contributed by atoms with Gasteiger partial charge in [-0.05, 0) is 25.1 Å². The zero-order chi connectivity index (χ0) is 15.2. The van der Waals surface area contributed by atoms with Crippen molar-refractivity contribution >= 4 is 0 Å². The van der Waals surface area contributed by atoms with E-state index >= 15 is 0 Å². The minimum Gasteiger partial charge on any atom is -0.453 e. The van der Waals surface area contributed by atoms with Crippen LogP contribution in [0.2, 0.25) is 0 Å². The summed E-state index contributed by atoms with van der Waals surface area (Å²) in [4.78, 5) is 9.05. The van der Waals surface area contributed by atoms with E-state index in [0.717, 1.165) is 35.1 Å². The lowest BCUT2D eigenvalue weighted by Crippen LogP contribution is -2.15. The first-order valence-electron chi connectivity index (χ1n) is 7.41. The number of para-hydroxylation sites is 1. The average molecular weight is 285 g/mol. The molecule has 0 unspecified atom stereocenters. The Hall–Kier alpha value is -1.94. The van der Waals surface area contributed by atoms with Gasteiger partial charge in [0.2, 0.25) is 0 Å². The van der Waals surface area contributed by atoms with Gasteiger partial charge in [-0.15, -0.1) is 0 Å². The van der Waals surface area contributed by atoms with Gasteiger partial charge in [-0.2, -0.15) is 0 Å². The standard InChI is InChI=1S/C17H23N3O/c1-5-18-10-14-16(11-19-17(20-14)12(2)3)21-15-9-7-6-8-13(15)4/h6-9,11-12,18H,5,10H2,1-4H3. The molecule has 1 N–H and O–H groups in total. The number of ether oxygens (including phenoxy) is 1. The Morgan fingerprint density at radius 1 is 1.19 bits per heavy atom. The molecule has 2 aromatic rings. The van der Waals surface area contributed by atoms with Gasteiger partial charge in [0, 0.05) is 12.5 Å². The lowest BCUT2D eigenvalue weighted by Gasteiger charge is -2.14. The summed E-state index contributed by atoms with van der Waals surface area (Å²) in [5.74, 6) is 2.71. The summed E-state index contributed by atoms with van der Waals surface area (Å²) in [6.45, 7) is 9.86. The molecule has 4 nitrogen and oxygen atoms in total. The fourth-order valence-corrected chi connectivity index (χ4v) is 1.94. The minimum absolute atomic E-state index is 0.304. The van der Waals surface area contributed by atoms with E-state index in [1.54, 1.807) is 6.20 Å². The van der Waals surface area contributed by atoms with Crippen LogP contribution >= 0.6 is 0 Å². The first-order valence-corrected chi connectivity index (χ1v) is 7.41. The van der Waals surface area contributed by atoms with Crippen LogP contribution in [0.15, 0.2) is 30.5 Å². The van der Waals surface area contributed by atoms with Crippen LogP contribution in [0.5, 0.6) is 11.5 Å². The number of benzene rings is 1. The lowest BCUT2D eigenvalue weighted by molar-refractivity contribution is 0.460. The molecule has 0 bridgehead atoms. The third kappa shape index (κ3) is 4.02. The van der Waals surface area contributed by atoms with Crippen LogP contribution in [0.25, 0.3) is 0 Å². The molecule has 1 aromatic heterocycles. The first-order chi connectivity index (χ1) is 10.1. The second-order valence-electron chi connectivity index (χ2n) is 5.34. The van der Waals surface area contributed by atoms with Crippen molar-refractivity contribution in [2.75, 3.05) is 6.54 Å². The highest BCUT2D eigenvalue weighted by Gasteiger charge is 2.12. The third-order valence-electron chi connectivity index (χ3n) is 3.22. The molecule has 0 atom stereocenters. The van der Waals surface area contributed by atoms with E-state index in [4.69, 9.17) is 4.74 Å². The van der Waals surface area contributed by atoms with Gasteiger partial charge in [0.25, 0.3) is 0 Å². The number of aromatic nitrogens is 2. The zero-order valence-electron chi connectivity index (χ0n) is 13.2. The van der Waals surface area contributed by atoms with Gasteiger partial charge in [-0.1, -0.05) is 39.0 Å². The van der Waals surface area contributed by atoms with Crippen molar-refractivity contribution in [2.45, 2.75) is 40.2 Å². The summed E-state index contributed by atoms with van der Waals surface area (Å²) in [5, 5.41) is 3.30. The molecule has 0 aliphatic rings. The van der Waals surface area contributed by atoms with Gasteiger partial charge < -0.3 is 10.1 Å². The van der Waals surface area contributed by atoms with Crippen molar-refractivity contribution in [2.24, 2.45) is 0 Å². The molecule has 0 saturated heterocycles. The molecule has 0 spiro atoms. The van der Waals surface area contributed by atoms with Gasteiger partial charge in [-0.25, -0.2) is 9.97 Å². The highest BCUT2D eigenvalue weighted by molar-refractivity contribution is 5.37. The van der Waals surface area contributed by atoms with Crippen LogP contribution in [-0.4, -0.2) is 16.5 Å². The second-order valence-corrected chi connectivity index (χ2v) is 5.34. The van der Waals surface area contributed by atoms with Gasteiger partial charge in [0.1, 0.15) is 17.3 Å². The molecule has 4 heteroatoms. The van der Waals surface area contributed by atoms with Crippen LogP contribution in [-0.2, 0) is 6.54 Å². The summed E-state index contributed by atoms with van der Waals surface area (Å²) in [7, 11) is 0. The Kier molecular flexibility index (Phi) is 5.28. The van der Waals surface area contributed by atoms with Crippen LogP contribution in [0.4, 0.5) is 0 Å². The van der Waals surface area contributed by atoms with Crippen LogP contribution in [0.1, 0.15) is 43.8 Å². The number of nitrogens with zero attached hydrogens (tertiary/aromatic N) is 2. The van der Waals surface area contributed by atoms with E-state index < -0.39 is 0 Å². The average Bonchev–Trinajstić information content (AvgIpc) is 2.48. The zero-order valence-corrected chi connectivity index (χ0v) is 13.2. The Morgan fingerprint density at radius 3 is 2.62 bits per heavy atom. The van der Waals surface area contributed by atoms with E-state index in [0.29, 0.717) is 12.5 Å². The maximum Gasteiger partial charge on any atom is 0.168 e. The van der Waals surface area contributed by atoms with Crippen molar-refractivity contribution in [3.63, 3.8) is 0 Å². The van der Waals surface area contributed by atoms with E-state index in [1.807, 2.05) is 31.2 Å². The summed E-state index contributed by atoms with van der Waals surface area (Å²) in [5.41, 5.74) is 2.00. The van der Waals surface area contributed by atoms with E-state index in [1.165, 1.54) is 0 Å². The molecule has 112 valence electrons. The Bertz CT molecular complexity index is 596. The van der Waals surface area contributed by atoms with Crippen LogP contribution in [0, 0.1) is 6.92 Å². The number of nitrogens with one attached hydrogen (secondary N) is 1. The highest BCUT2D eigenvalue weighted by Crippen LogP contribution is 2.27. The van der Waals surface area contributed by atoms with Crippen LogP contribution in [0.3, 0.4) is 0 Å². The number of aryl methyl sites for hydroxylation is 1. The van der Waals surface area contributed by atoms with Crippen molar-refractivity contribution in [1.29, 1.82) is 0 Å². The molecule has 21 heavy (non-hydrogen) atoms. The Labute approximate surface area is 126 Å². The predicted octanol–water partition coefficient (Wildman–Crippen LogP) is 3.81. The molecule has 0 aliphatic heterocycles. The molecule has 2 rings (SSSR count). The van der Waals surface area contributed by atoms with E-state index in [9.17, 15) is 0 Å². The molecule has 0 fully saturated rings. The summed E-state index contributed by atoms with van der Waals surface area (Å²) >= 11 is 0. The molecular formula is C17H23N3O. The summed E-state index contributed by atoms with van der Waals surface area (Å²) in [6.07, 6.45) is 1.78. The Balaban J connectivity index is 2.31. The molecular weight excluding hydrogens is 262 g/mol. The molecule has 0 radical (unpaired) electrons. The van der Waals surface area contributed by atoms with Crippen molar-refractivity contribution in [3.05, 3.63) is 47.5 Å². The number of hydrogen-bond acceptors (Lipinski definition) is 4. The van der Waals surface area contributed by atoms with Crippen molar-refractivity contribution in [1.82, 2.24) is 15.3 Å². The Morgan fingerprint density at radius 2 is 1.95 bits per heavy atom. The topological polar surface area (TPSA) is 47.0 Å². The first kappa shape index (κ1) is 15.4. The number of hydrogen-bond donors (Lipinski definition) is 1. The molecule has 1 aromatic carbocycles. The highest BCUT2D eigenvalue weighted by atomic mass is 16.5. The van der Waals surface area contributed by atoms with Gasteiger partial charge in [0.15, 0.2) is 5.75 Å². The van der Waals surface area contributed by atoms with Gasteiger partial charge in [0.05, 0.1) is 6.20 Å². The molecule has 1 heterocycles. The fraction of sp³-hybridized carbons (Fsp3) is 0.412. The maximum atomic E-state index is 6.01. The second kappa shape index (κ2) is 7.18. The summed E-state index contributed by atoms with van der Waals surface area (Å²) < 4.78 is 6.01.